The van der Waals surface area contributed by atoms with Gasteiger partial charge in [-0.25, -0.2) is 0 Å². The van der Waals surface area contributed by atoms with Crippen molar-refractivity contribution in [1.82, 2.24) is 0 Å². The quantitative estimate of drug-likeness (QED) is 0.0262. The Balaban J connectivity index is 4.57. The minimum Gasteiger partial charge on any atom is -0.462 e. The molecule has 386 valence electrons. The summed E-state index contributed by atoms with van der Waals surface area (Å²) in [6, 6.07) is 0. The molecular weight excluding hydrogens is 853 g/mol. The average molecular weight is 951 g/mol. The number of hydrogen-bond acceptors (Lipinski definition) is 6. The van der Waals surface area contributed by atoms with Crippen molar-refractivity contribution in [1.29, 1.82) is 0 Å². The van der Waals surface area contributed by atoms with E-state index >= 15 is 0 Å². The van der Waals surface area contributed by atoms with Gasteiger partial charge in [-0.3, -0.25) is 14.4 Å². The summed E-state index contributed by atoms with van der Waals surface area (Å²) in [6.07, 6.45) is 79.8. The third kappa shape index (κ3) is 54.1. The van der Waals surface area contributed by atoms with Crippen LogP contribution >= 0.6 is 0 Å². The first-order valence-electron chi connectivity index (χ1n) is 27.3. The Kier molecular flexibility index (Phi) is 52.1. The summed E-state index contributed by atoms with van der Waals surface area (Å²) < 4.78 is 16.7. The molecule has 0 aromatic carbocycles. The predicted octanol–water partition coefficient (Wildman–Crippen LogP) is 18.4. The van der Waals surface area contributed by atoms with Gasteiger partial charge in [-0.1, -0.05) is 218 Å². The van der Waals surface area contributed by atoms with Crippen LogP contribution in [-0.4, -0.2) is 37.2 Å². The minimum absolute atomic E-state index is 0.121. The number of allylic oxidation sites excluding steroid dienone is 24. The van der Waals surface area contributed by atoms with Gasteiger partial charge >= 0.3 is 17.9 Å². The summed E-state index contributed by atoms with van der Waals surface area (Å²) in [5.74, 6) is -1.04. The zero-order valence-electron chi connectivity index (χ0n) is 44.0. The van der Waals surface area contributed by atoms with Crippen LogP contribution in [0.3, 0.4) is 0 Å². The second-order valence-electron chi connectivity index (χ2n) is 17.3. The van der Waals surface area contributed by atoms with Gasteiger partial charge in [0.15, 0.2) is 6.10 Å². The van der Waals surface area contributed by atoms with Crippen molar-refractivity contribution in [2.45, 2.75) is 219 Å². The molecule has 0 aliphatic heterocycles. The number of ether oxygens (including phenoxy) is 3. The smallest absolute Gasteiger partial charge is 0.306 e. The fourth-order valence-electron chi connectivity index (χ4n) is 6.85. The molecule has 1 atom stereocenters. The van der Waals surface area contributed by atoms with Crippen LogP contribution < -0.4 is 0 Å². The molecule has 6 nitrogen and oxygen atoms in total. The molecule has 0 saturated carbocycles. The Bertz CT molecular complexity index is 1560. The van der Waals surface area contributed by atoms with Crippen LogP contribution in [0, 0.1) is 0 Å². The van der Waals surface area contributed by atoms with Crippen LogP contribution in [0.1, 0.15) is 213 Å². The number of carbonyl (C=O) groups is 3. The summed E-state index contributed by atoms with van der Waals surface area (Å²) in [5.41, 5.74) is 0. The van der Waals surface area contributed by atoms with Crippen molar-refractivity contribution in [3.05, 3.63) is 146 Å². The van der Waals surface area contributed by atoms with E-state index in [0.29, 0.717) is 19.3 Å². The van der Waals surface area contributed by atoms with Gasteiger partial charge in [0.2, 0.25) is 0 Å². The van der Waals surface area contributed by atoms with E-state index in [1.807, 2.05) is 12.2 Å². The molecular formula is C63H98O6. The lowest BCUT2D eigenvalue weighted by Gasteiger charge is -2.18. The molecule has 0 aliphatic carbocycles. The summed E-state index contributed by atoms with van der Waals surface area (Å²) in [7, 11) is 0. The van der Waals surface area contributed by atoms with E-state index in [2.05, 4.69) is 154 Å². The van der Waals surface area contributed by atoms with E-state index in [4.69, 9.17) is 14.2 Å². The molecule has 0 rings (SSSR count). The molecule has 0 N–H and O–H groups in total. The predicted molar refractivity (Wildman–Crippen MR) is 297 cm³/mol. The molecule has 0 aromatic rings. The van der Waals surface area contributed by atoms with Crippen LogP contribution in [0.15, 0.2) is 146 Å². The van der Waals surface area contributed by atoms with Gasteiger partial charge in [-0.05, 0) is 122 Å². The van der Waals surface area contributed by atoms with E-state index in [1.165, 1.54) is 19.3 Å². The van der Waals surface area contributed by atoms with E-state index < -0.39 is 6.10 Å². The second kappa shape index (κ2) is 55.9. The van der Waals surface area contributed by atoms with Crippen LogP contribution in [0.5, 0.6) is 0 Å². The molecule has 0 aliphatic rings. The van der Waals surface area contributed by atoms with Crippen LogP contribution in [0.2, 0.25) is 0 Å². The van der Waals surface area contributed by atoms with Crippen molar-refractivity contribution in [3.8, 4) is 0 Å². The summed E-state index contributed by atoms with van der Waals surface area (Å²) >= 11 is 0. The third-order valence-corrected chi connectivity index (χ3v) is 10.8. The first kappa shape index (κ1) is 64.3. The van der Waals surface area contributed by atoms with Gasteiger partial charge in [0.25, 0.3) is 0 Å². The molecule has 69 heavy (non-hydrogen) atoms. The lowest BCUT2D eigenvalue weighted by molar-refractivity contribution is -0.166. The Hall–Kier alpha value is -4.71. The van der Waals surface area contributed by atoms with Crippen LogP contribution in [0.25, 0.3) is 0 Å². The third-order valence-electron chi connectivity index (χ3n) is 10.8. The van der Waals surface area contributed by atoms with Gasteiger partial charge < -0.3 is 14.2 Å². The number of rotatable bonds is 47. The van der Waals surface area contributed by atoms with Crippen molar-refractivity contribution < 1.29 is 28.6 Å². The highest BCUT2D eigenvalue weighted by Gasteiger charge is 2.19. The normalized spacial score (nSPS) is 13.3. The van der Waals surface area contributed by atoms with Crippen molar-refractivity contribution in [3.63, 3.8) is 0 Å². The molecule has 0 fully saturated rings. The fourth-order valence-corrected chi connectivity index (χ4v) is 6.85. The molecule has 0 spiro atoms. The van der Waals surface area contributed by atoms with Gasteiger partial charge in [-0.2, -0.15) is 0 Å². The highest BCUT2D eigenvalue weighted by molar-refractivity contribution is 5.71. The van der Waals surface area contributed by atoms with E-state index in [9.17, 15) is 14.4 Å². The first-order chi connectivity index (χ1) is 34.0. The Morgan fingerprint density at radius 3 is 0.899 bits per heavy atom. The number of esters is 3. The maximum atomic E-state index is 12.8. The van der Waals surface area contributed by atoms with Crippen molar-refractivity contribution in [2.24, 2.45) is 0 Å². The zero-order valence-corrected chi connectivity index (χ0v) is 44.0. The maximum absolute atomic E-state index is 12.8. The highest BCUT2D eigenvalue weighted by atomic mass is 16.6. The van der Waals surface area contributed by atoms with Crippen molar-refractivity contribution in [2.75, 3.05) is 13.2 Å². The first-order valence-corrected chi connectivity index (χ1v) is 27.3. The molecule has 0 amide bonds. The Morgan fingerprint density at radius 2 is 0.551 bits per heavy atom. The molecule has 6 heteroatoms. The second-order valence-corrected chi connectivity index (χ2v) is 17.3. The molecule has 0 heterocycles. The van der Waals surface area contributed by atoms with E-state index in [1.54, 1.807) is 0 Å². The average Bonchev–Trinajstić information content (AvgIpc) is 3.35. The van der Waals surface area contributed by atoms with Crippen LogP contribution in [-0.2, 0) is 28.6 Å². The van der Waals surface area contributed by atoms with E-state index in [-0.39, 0.29) is 37.5 Å². The summed E-state index contributed by atoms with van der Waals surface area (Å²) in [6.45, 7) is 6.20. The van der Waals surface area contributed by atoms with Gasteiger partial charge in [0.1, 0.15) is 13.2 Å². The molecule has 0 bridgehead atoms. The monoisotopic (exact) mass is 951 g/mol. The van der Waals surface area contributed by atoms with Gasteiger partial charge in [0.05, 0.1) is 0 Å². The highest BCUT2D eigenvalue weighted by Crippen LogP contribution is 2.13. The number of hydrogen-bond donors (Lipinski definition) is 0. The SMILES string of the molecule is CC/C=C\C/C=C\C/C=C\C/C=C\C/C=C\C/C=C\CCC(=O)OCC(COC(=O)CCCCCCC/C=C\C/C=C\C/C=C\CC)OC(=O)CCCCCCCCC/C=C\C/C=C\C/C=C\CC. The summed E-state index contributed by atoms with van der Waals surface area (Å²) in [5, 5.41) is 0. The van der Waals surface area contributed by atoms with E-state index in [0.717, 1.165) is 148 Å². The zero-order chi connectivity index (χ0) is 50.0. The van der Waals surface area contributed by atoms with Crippen molar-refractivity contribution >= 4 is 17.9 Å². The summed E-state index contributed by atoms with van der Waals surface area (Å²) in [4.78, 5) is 38.1. The minimum atomic E-state index is -0.828. The van der Waals surface area contributed by atoms with Gasteiger partial charge in [0, 0.05) is 19.3 Å². The molecule has 0 saturated heterocycles. The standard InChI is InChI=1S/C63H98O6/c1-4-7-10-13-16-19-22-25-28-30-31-33-35-38-41-44-47-50-53-56-62(65)68-59-60(58-67-61(64)55-52-49-46-43-40-37-34-27-24-21-18-15-12-9-6-3)69-63(66)57-54-51-48-45-42-39-36-32-29-26-23-20-17-14-11-8-5-2/h7-12,16-21,25-29,31,33-34,38,41,47,50,60H,4-6,13-15,22-24,30,32,35-37,39-40,42-46,48-49,51-59H2,1-3H3/b10-7-,11-8-,12-9-,19-16-,20-17-,21-18-,28-25-,29-26-,33-31-,34-27-,41-38-,50-47-. The number of carbonyl (C=O) groups excluding carboxylic acids is 3. The topological polar surface area (TPSA) is 78.9 Å². The maximum Gasteiger partial charge on any atom is 0.306 e. The molecule has 0 radical (unpaired) electrons. The molecule has 0 aromatic heterocycles. The largest absolute Gasteiger partial charge is 0.462 e. The van der Waals surface area contributed by atoms with Crippen LogP contribution in [0.4, 0.5) is 0 Å². The number of unbranched alkanes of at least 4 members (excludes halogenated alkanes) is 12. The Labute approximate surface area is 423 Å². The van der Waals surface area contributed by atoms with Gasteiger partial charge in [-0.15, -0.1) is 0 Å². The Morgan fingerprint density at radius 1 is 0.290 bits per heavy atom. The lowest BCUT2D eigenvalue weighted by atomic mass is 10.1. The fraction of sp³-hybridized carbons (Fsp3) is 0.571. The molecule has 1 unspecified atom stereocenters. The lowest BCUT2D eigenvalue weighted by Crippen LogP contribution is -2.30.